The predicted molar refractivity (Wildman–Crippen MR) is 69.5 cm³/mol. The number of alkyl halides is 3. The van der Waals surface area contributed by atoms with Gasteiger partial charge in [0, 0.05) is 6.08 Å². The standard InChI is InChI=1S/C11H10F3N3O3S/c12-11(13,14)21(19,20)8-4-2-1-3-7(8)5-6-9(18)17-10(15)16/h1-6H,(H4,15,16,17,18). The molecule has 1 aromatic carbocycles. The van der Waals surface area contributed by atoms with Gasteiger partial charge >= 0.3 is 5.51 Å². The maximum absolute atomic E-state index is 12.5. The molecule has 1 amide bonds. The van der Waals surface area contributed by atoms with Gasteiger partial charge in [0.2, 0.25) is 0 Å². The Labute approximate surface area is 117 Å². The van der Waals surface area contributed by atoms with Gasteiger partial charge in [0.15, 0.2) is 5.96 Å². The average Bonchev–Trinajstić information content (AvgIpc) is 2.34. The molecule has 0 aliphatic carbocycles. The molecule has 0 aliphatic heterocycles. The lowest BCUT2D eigenvalue weighted by atomic mass is 10.2. The van der Waals surface area contributed by atoms with E-state index < -0.39 is 32.1 Å². The third-order valence-corrected chi connectivity index (χ3v) is 3.72. The van der Waals surface area contributed by atoms with Gasteiger partial charge in [-0.15, -0.1) is 0 Å². The molecule has 0 atom stereocenters. The summed E-state index contributed by atoms with van der Waals surface area (Å²) in [5.41, 5.74) is 4.14. The van der Waals surface area contributed by atoms with Gasteiger partial charge in [-0.05, 0) is 17.7 Å². The molecule has 0 unspecified atom stereocenters. The highest BCUT2D eigenvalue weighted by Gasteiger charge is 2.47. The number of halogens is 3. The lowest BCUT2D eigenvalue weighted by molar-refractivity contribution is -0.113. The highest BCUT2D eigenvalue weighted by molar-refractivity contribution is 7.92. The highest BCUT2D eigenvalue weighted by Crippen LogP contribution is 2.32. The summed E-state index contributed by atoms with van der Waals surface area (Å²) < 4.78 is 60.4. The zero-order valence-electron chi connectivity index (χ0n) is 10.3. The first kappa shape index (κ1) is 16.7. The molecule has 1 rings (SSSR count). The van der Waals surface area contributed by atoms with Gasteiger partial charge < -0.3 is 11.5 Å². The number of hydrogen-bond acceptors (Lipinski definition) is 3. The van der Waals surface area contributed by atoms with Crippen LogP contribution in [0.15, 0.2) is 40.2 Å². The number of carbonyl (C=O) groups excluding carboxylic acids is 1. The second-order valence-electron chi connectivity index (χ2n) is 3.70. The molecule has 0 saturated heterocycles. The molecule has 6 nitrogen and oxygen atoms in total. The van der Waals surface area contributed by atoms with Crippen LogP contribution in [0.3, 0.4) is 0 Å². The molecule has 0 fully saturated rings. The van der Waals surface area contributed by atoms with Crippen molar-refractivity contribution < 1.29 is 26.4 Å². The van der Waals surface area contributed by atoms with Crippen LogP contribution >= 0.6 is 0 Å². The molecule has 114 valence electrons. The summed E-state index contributed by atoms with van der Waals surface area (Å²) in [6, 6.07) is 4.35. The fraction of sp³-hybridized carbons (Fsp3) is 0.0909. The first-order valence-electron chi connectivity index (χ1n) is 5.28. The Morgan fingerprint density at radius 2 is 1.76 bits per heavy atom. The highest BCUT2D eigenvalue weighted by atomic mass is 32.2. The summed E-state index contributed by atoms with van der Waals surface area (Å²) in [7, 11) is -5.53. The third kappa shape index (κ3) is 4.05. The molecule has 0 bridgehead atoms. The normalized spacial score (nSPS) is 12.3. The predicted octanol–water partition coefficient (Wildman–Crippen LogP) is 0.793. The monoisotopic (exact) mass is 321 g/mol. The van der Waals surface area contributed by atoms with Crippen LogP contribution < -0.4 is 11.5 Å². The third-order valence-electron chi connectivity index (χ3n) is 2.16. The van der Waals surface area contributed by atoms with E-state index in [0.717, 1.165) is 30.4 Å². The van der Waals surface area contributed by atoms with E-state index in [2.05, 4.69) is 4.99 Å². The number of carbonyl (C=O) groups is 1. The van der Waals surface area contributed by atoms with Crippen molar-refractivity contribution in [2.45, 2.75) is 10.4 Å². The van der Waals surface area contributed by atoms with Gasteiger partial charge in [-0.25, -0.2) is 8.42 Å². The molecule has 21 heavy (non-hydrogen) atoms. The van der Waals surface area contributed by atoms with Crippen molar-refractivity contribution >= 4 is 27.8 Å². The van der Waals surface area contributed by atoms with Crippen molar-refractivity contribution in [2.24, 2.45) is 16.5 Å². The largest absolute Gasteiger partial charge is 0.501 e. The summed E-state index contributed by atoms with van der Waals surface area (Å²) in [6.45, 7) is 0. The molecule has 1 aromatic rings. The number of rotatable bonds is 3. The zero-order valence-corrected chi connectivity index (χ0v) is 11.1. The Morgan fingerprint density at radius 1 is 1.19 bits per heavy atom. The zero-order chi connectivity index (χ0) is 16.3. The topological polar surface area (TPSA) is 116 Å². The van der Waals surface area contributed by atoms with Gasteiger partial charge in [-0.3, -0.25) is 4.79 Å². The van der Waals surface area contributed by atoms with E-state index in [9.17, 15) is 26.4 Å². The summed E-state index contributed by atoms with van der Waals surface area (Å²) in [4.78, 5) is 13.3. The Morgan fingerprint density at radius 3 is 2.29 bits per heavy atom. The lowest BCUT2D eigenvalue weighted by Gasteiger charge is -2.10. The van der Waals surface area contributed by atoms with Crippen molar-refractivity contribution in [1.82, 2.24) is 0 Å². The number of nitrogens with zero attached hydrogens (tertiary/aromatic N) is 1. The van der Waals surface area contributed by atoms with Crippen LogP contribution in [0.5, 0.6) is 0 Å². The smallest absolute Gasteiger partial charge is 0.370 e. The lowest BCUT2D eigenvalue weighted by Crippen LogP contribution is -2.24. The second-order valence-corrected chi connectivity index (χ2v) is 5.60. The Kier molecular flexibility index (Phi) is 4.73. The van der Waals surface area contributed by atoms with Gasteiger partial charge in [-0.1, -0.05) is 18.2 Å². The van der Waals surface area contributed by atoms with E-state index in [1.165, 1.54) is 6.07 Å². The number of aliphatic imine (C=N–C) groups is 1. The Hall–Kier alpha value is -2.36. The Bertz CT molecular complexity index is 705. The van der Waals surface area contributed by atoms with Gasteiger partial charge in [-0.2, -0.15) is 18.2 Å². The first-order valence-corrected chi connectivity index (χ1v) is 6.76. The van der Waals surface area contributed by atoms with E-state index in [4.69, 9.17) is 11.5 Å². The van der Waals surface area contributed by atoms with Crippen LogP contribution in [-0.4, -0.2) is 25.8 Å². The van der Waals surface area contributed by atoms with Gasteiger partial charge in [0.25, 0.3) is 15.7 Å². The fourth-order valence-corrected chi connectivity index (χ4v) is 2.27. The fourth-order valence-electron chi connectivity index (χ4n) is 1.31. The molecule has 4 N–H and O–H groups in total. The van der Waals surface area contributed by atoms with E-state index in [-0.39, 0.29) is 5.56 Å². The van der Waals surface area contributed by atoms with Crippen molar-refractivity contribution in [3.05, 3.63) is 35.9 Å². The molecule has 0 spiro atoms. The SMILES string of the molecule is NC(N)=NC(=O)C=Cc1ccccc1S(=O)(=O)C(F)(F)F. The van der Waals surface area contributed by atoms with E-state index in [1.54, 1.807) is 0 Å². The summed E-state index contributed by atoms with van der Waals surface area (Å²) in [5, 5.41) is 0. The minimum absolute atomic E-state index is 0.311. The molecule has 0 heterocycles. The molecule has 0 saturated carbocycles. The molecule has 0 aliphatic rings. The number of benzene rings is 1. The molecule has 0 radical (unpaired) electrons. The summed E-state index contributed by atoms with van der Waals surface area (Å²) in [6.07, 6.45) is 1.64. The second kappa shape index (κ2) is 5.95. The molecule has 0 aromatic heterocycles. The van der Waals surface area contributed by atoms with Crippen LogP contribution in [0, 0.1) is 0 Å². The van der Waals surface area contributed by atoms with Crippen LogP contribution in [0.4, 0.5) is 13.2 Å². The molecular formula is C11H10F3N3O3S. The molecular weight excluding hydrogens is 311 g/mol. The van der Waals surface area contributed by atoms with Crippen molar-refractivity contribution in [3.8, 4) is 0 Å². The Balaban J connectivity index is 3.28. The van der Waals surface area contributed by atoms with Gasteiger partial charge in [0.05, 0.1) is 4.90 Å². The maximum Gasteiger partial charge on any atom is 0.501 e. The maximum atomic E-state index is 12.5. The van der Waals surface area contributed by atoms with Crippen LogP contribution in [-0.2, 0) is 14.6 Å². The first-order chi connectivity index (χ1) is 9.55. The quantitative estimate of drug-likeness (QED) is 0.485. The van der Waals surface area contributed by atoms with Crippen molar-refractivity contribution in [1.29, 1.82) is 0 Å². The van der Waals surface area contributed by atoms with Crippen LogP contribution in [0.25, 0.3) is 6.08 Å². The number of guanidine groups is 1. The summed E-state index contributed by atoms with van der Waals surface area (Å²) >= 11 is 0. The number of hydrogen-bond donors (Lipinski definition) is 2. The van der Waals surface area contributed by atoms with Crippen LogP contribution in [0.1, 0.15) is 5.56 Å². The van der Waals surface area contributed by atoms with Crippen LogP contribution in [0.2, 0.25) is 0 Å². The minimum atomic E-state index is -5.53. The number of amides is 1. The van der Waals surface area contributed by atoms with Crippen molar-refractivity contribution in [3.63, 3.8) is 0 Å². The number of nitrogens with two attached hydrogens (primary N) is 2. The minimum Gasteiger partial charge on any atom is -0.370 e. The van der Waals surface area contributed by atoms with E-state index in [1.807, 2.05) is 0 Å². The number of sulfone groups is 1. The van der Waals surface area contributed by atoms with E-state index >= 15 is 0 Å². The van der Waals surface area contributed by atoms with Gasteiger partial charge in [0.1, 0.15) is 0 Å². The average molecular weight is 321 g/mol. The van der Waals surface area contributed by atoms with Crippen molar-refractivity contribution in [2.75, 3.05) is 0 Å². The molecule has 10 heteroatoms. The van der Waals surface area contributed by atoms with E-state index in [0.29, 0.717) is 0 Å². The summed E-state index contributed by atoms with van der Waals surface area (Å²) in [5.74, 6) is -1.46.